The van der Waals surface area contributed by atoms with Gasteiger partial charge in [0.05, 0.1) is 16.7 Å². The number of para-hydroxylation sites is 2. The van der Waals surface area contributed by atoms with Crippen LogP contribution in [0.5, 0.6) is 0 Å². The first-order valence-electron chi connectivity index (χ1n) is 6.88. The standard InChI is InChI=1S/C17H14N4/c18-11-12-5-7-13(8-6-12)14-9-10-21-16-4-2-1-3-15(16)20-17(21)19-14/h1-10H,11,18H2. The van der Waals surface area contributed by atoms with Gasteiger partial charge in [0.2, 0.25) is 5.78 Å². The maximum absolute atomic E-state index is 5.63. The van der Waals surface area contributed by atoms with Crippen molar-refractivity contribution in [3.63, 3.8) is 0 Å². The third-order valence-electron chi connectivity index (χ3n) is 3.66. The molecule has 0 atom stereocenters. The van der Waals surface area contributed by atoms with Crippen LogP contribution in [0.25, 0.3) is 28.1 Å². The Hall–Kier alpha value is -2.72. The van der Waals surface area contributed by atoms with E-state index in [4.69, 9.17) is 5.73 Å². The first-order valence-corrected chi connectivity index (χ1v) is 6.88. The Morgan fingerprint density at radius 3 is 2.52 bits per heavy atom. The molecule has 0 aliphatic heterocycles. The molecule has 2 aromatic carbocycles. The minimum atomic E-state index is 0.554. The molecule has 0 radical (unpaired) electrons. The second-order valence-corrected chi connectivity index (χ2v) is 4.98. The van der Waals surface area contributed by atoms with Crippen LogP contribution in [0.1, 0.15) is 5.56 Å². The highest BCUT2D eigenvalue weighted by Crippen LogP contribution is 2.21. The van der Waals surface area contributed by atoms with Crippen LogP contribution in [0.4, 0.5) is 0 Å². The molecule has 0 fully saturated rings. The summed E-state index contributed by atoms with van der Waals surface area (Å²) < 4.78 is 2.01. The number of nitrogens with two attached hydrogens (primary N) is 1. The maximum atomic E-state index is 5.63. The smallest absolute Gasteiger partial charge is 0.235 e. The molecular formula is C17H14N4. The molecule has 2 aromatic heterocycles. The summed E-state index contributed by atoms with van der Waals surface area (Å²) >= 11 is 0. The Kier molecular flexibility index (Phi) is 2.69. The average molecular weight is 274 g/mol. The molecule has 0 spiro atoms. The van der Waals surface area contributed by atoms with Crippen molar-refractivity contribution < 1.29 is 0 Å². The van der Waals surface area contributed by atoms with Crippen molar-refractivity contribution in [3.8, 4) is 11.3 Å². The fourth-order valence-electron chi connectivity index (χ4n) is 2.52. The van der Waals surface area contributed by atoms with E-state index in [0.29, 0.717) is 6.54 Å². The van der Waals surface area contributed by atoms with Gasteiger partial charge in [-0.2, -0.15) is 0 Å². The van der Waals surface area contributed by atoms with E-state index >= 15 is 0 Å². The van der Waals surface area contributed by atoms with Gasteiger partial charge in [-0.3, -0.25) is 4.40 Å². The molecular weight excluding hydrogens is 260 g/mol. The Morgan fingerprint density at radius 2 is 1.71 bits per heavy atom. The maximum Gasteiger partial charge on any atom is 0.235 e. The lowest BCUT2D eigenvalue weighted by molar-refractivity contribution is 1.07. The van der Waals surface area contributed by atoms with E-state index in [2.05, 4.69) is 9.97 Å². The van der Waals surface area contributed by atoms with Crippen molar-refractivity contribution in [1.82, 2.24) is 14.4 Å². The Bertz CT molecular complexity index is 922. The Morgan fingerprint density at radius 1 is 0.905 bits per heavy atom. The average Bonchev–Trinajstić information content (AvgIpc) is 2.92. The zero-order valence-corrected chi connectivity index (χ0v) is 11.4. The molecule has 0 saturated carbocycles. The Balaban J connectivity index is 1.87. The van der Waals surface area contributed by atoms with E-state index in [9.17, 15) is 0 Å². The third kappa shape index (κ3) is 1.97. The fourth-order valence-corrected chi connectivity index (χ4v) is 2.52. The van der Waals surface area contributed by atoms with Crippen molar-refractivity contribution in [2.75, 3.05) is 0 Å². The van der Waals surface area contributed by atoms with Crippen LogP contribution in [0.2, 0.25) is 0 Å². The molecule has 21 heavy (non-hydrogen) atoms. The number of fused-ring (bicyclic) bond motifs is 3. The number of rotatable bonds is 2. The number of hydrogen-bond donors (Lipinski definition) is 1. The predicted molar refractivity (Wildman–Crippen MR) is 83.8 cm³/mol. The number of nitrogens with zero attached hydrogens (tertiary/aromatic N) is 3. The van der Waals surface area contributed by atoms with Crippen molar-refractivity contribution in [3.05, 3.63) is 66.4 Å². The lowest BCUT2D eigenvalue weighted by Crippen LogP contribution is -1.96. The molecule has 0 aliphatic carbocycles. The van der Waals surface area contributed by atoms with Crippen LogP contribution in [0.15, 0.2) is 60.8 Å². The van der Waals surface area contributed by atoms with Gasteiger partial charge in [0.1, 0.15) is 0 Å². The van der Waals surface area contributed by atoms with Gasteiger partial charge in [-0.15, -0.1) is 0 Å². The lowest BCUT2D eigenvalue weighted by atomic mass is 10.1. The molecule has 0 amide bonds. The molecule has 4 nitrogen and oxygen atoms in total. The quantitative estimate of drug-likeness (QED) is 0.611. The third-order valence-corrected chi connectivity index (χ3v) is 3.66. The second kappa shape index (κ2) is 4.68. The van der Waals surface area contributed by atoms with Gasteiger partial charge in [-0.05, 0) is 23.8 Å². The molecule has 4 rings (SSSR count). The molecule has 4 heteroatoms. The monoisotopic (exact) mass is 274 g/mol. The number of imidazole rings is 1. The van der Waals surface area contributed by atoms with Crippen LogP contribution in [0, 0.1) is 0 Å². The van der Waals surface area contributed by atoms with Gasteiger partial charge in [-0.25, -0.2) is 9.97 Å². The van der Waals surface area contributed by atoms with E-state index in [0.717, 1.165) is 33.6 Å². The van der Waals surface area contributed by atoms with Crippen LogP contribution >= 0.6 is 0 Å². The van der Waals surface area contributed by atoms with Crippen LogP contribution in [0.3, 0.4) is 0 Å². The summed E-state index contributed by atoms with van der Waals surface area (Å²) in [4.78, 5) is 9.23. The lowest BCUT2D eigenvalue weighted by Gasteiger charge is -2.03. The van der Waals surface area contributed by atoms with Gasteiger partial charge >= 0.3 is 0 Å². The summed E-state index contributed by atoms with van der Waals surface area (Å²) in [7, 11) is 0. The molecule has 4 aromatic rings. The number of benzene rings is 2. The predicted octanol–water partition coefficient (Wildman–Crippen LogP) is 3.01. The van der Waals surface area contributed by atoms with Gasteiger partial charge in [0, 0.05) is 18.3 Å². The first kappa shape index (κ1) is 12.1. The topological polar surface area (TPSA) is 56.2 Å². The van der Waals surface area contributed by atoms with Crippen molar-refractivity contribution in [1.29, 1.82) is 0 Å². The zero-order chi connectivity index (χ0) is 14.2. The van der Waals surface area contributed by atoms with Crippen molar-refractivity contribution in [2.24, 2.45) is 5.73 Å². The SMILES string of the molecule is NCc1ccc(-c2ccn3c(n2)nc2ccccc23)cc1. The van der Waals surface area contributed by atoms with E-state index in [1.165, 1.54) is 0 Å². The molecule has 102 valence electrons. The van der Waals surface area contributed by atoms with Crippen LogP contribution < -0.4 is 5.73 Å². The summed E-state index contributed by atoms with van der Waals surface area (Å²) in [6.45, 7) is 0.554. The molecule has 2 heterocycles. The van der Waals surface area contributed by atoms with E-state index in [-0.39, 0.29) is 0 Å². The molecule has 0 bridgehead atoms. The minimum Gasteiger partial charge on any atom is -0.326 e. The van der Waals surface area contributed by atoms with Gasteiger partial charge in [-0.1, -0.05) is 36.4 Å². The highest BCUT2D eigenvalue weighted by Gasteiger charge is 2.06. The van der Waals surface area contributed by atoms with Gasteiger partial charge in [0.25, 0.3) is 0 Å². The van der Waals surface area contributed by atoms with Gasteiger partial charge < -0.3 is 5.73 Å². The normalized spacial score (nSPS) is 11.3. The summed E-state index contributed by atoms with van der Waals surface area (Å²) in [5.74, 6) is 0.719. The fraction of sp³-hybridized carbons (Fsp3) is 0.0588. The number of aromatic nitrogens is 3. The zero-order valence-electron chi connectivity index (χ0n) is 11.4. The van der Waals surface area contributed by atoms with Crippen LogP contribution in [-0.2, 0) is 6.54 Å². The summed E-state index contributed by atoms with van der Waals surface area (Å²) in [6.07, 6.45) is 2.02. The van der Waals surface area contributed by atoms with E-state index in [1.54, 1.807) is 0 Å². The summed E-state index contributed by atoms with van der Waals surface area (Å²) in [5.41, 5.74) is 10.8. The van der Waals surface area contributed by atoms with E-state index in [1.807, 2.05) is 65.2 Å². The largest absolute Gasteiger partial charge is 0.326 e. The molecule has 0 saturated heterocycles. The van der Waals surface area contributed by atoms with Crippen LogP contribution in [-0.4, -0.2) is 14.4 Å². The van der Waals surface area contributed by atoms with E-state index < -0.39 is 0 Å². The second-order valence-electron chi connectivity index (χ2n) is 4.98. The molecule has 0 aliphatic rings. The highest BCUT2D eigenvalue weighted by molar-refractivity contribution is 5.79. The molecule has 0 unspecified atom stereocenters. The number of hydrogen-bond acceptors (Lipinski definition) is 3. The first-order chi connectivity index (χ1) is 10.3. The highest BCUT2D eigenvalue weighted by atomic mass is 15.1. The summed E-state index contributed by atoms with van der Waals surface area (Å²) in [5, 5.41) is 0. The Labute approximate surface area is 121 Å². The van der Waals surface area contributed by atoms with Gasteiger partial charge in [0.15, 0.2) is 0 Å². The minimum absolute atomic E-state index is 0.554. The molecule has 2 N–H and O–H groups in total. The van der Waals surface area contributed by atoms with Crippen molar-refractivity contribution in [2.45, 2.75) is 6.54 Å². The van der Waals surface area contributed by atoms with Crippen molar-refractivity contribution >= 4 is 16.8 Å². The summed E-state index contributed by atoms with van der Waals surface area (Å²) in [6, 6.07) is 18.2.